The van der Waals surface area contributed by atoms with Crippen molar-refractivity contribution in [2.45, 2.75) is 19.8 Å². The van der Waals surface area contributed by atoms with Crippen molar-refractivity contribution in [2.75, 3.05) is 11.9 Å². The van der Waals surface area contributed by atoms with Crippen LogP contribution in [0.3, 0.4) is 0 Å². The summed E-state index contributed by atoms with van der Waals surface area (Å²) in [6, 6.07) is 12.6. The normalized spacial score (nSPS) is 10.6. The lowest BCUT2D eigenvalue weighted by molar-refractivity contribution is -0.118. The van der Waals surface area contributed by atoms with Gasteiger partial charge in [0.2, 0.25) is 0 Å². The molecular weight excluding hydrogens is 321 g/mol. The Labute approximate surface area is 140 Å². The highest BCUT2D eigenvalue weighted by molar-refractivity contribution is 6.42. The largest absolute Gasteiger partial charge is 0.484 e. The average molecular weight is 338 g/mol. The molecule has 1 amide bonds. The topological polar surface area (TPSA) is 38.3 Å². The van der Waals surface area contributed by atoms with E-state index in [0.29, 0.717) is 27.4 Å². The highest BCUT2D eigenvalue weighted by atomic mass is 35.5. The SMILES string of the molecule is CC(C)c1cccc(OCC(=O)Nc2ccc(Cl)c(Cl)c2)c1. The Hall–Kier alpha value is -1.71. The number of anilines is 1. The Morgan fingerprint density at radius 3 is 2.59 bits per heavy atom. The van der Waals surface area contributed by atoms with E-state index in [1.807, 2.05) is 24.3 Å². The zero-order valence-corrected chi connectivity index (χ0v) is 13.9. The maximum absolute atomic E-state index is 11.9. The molecule has 1 N–H and O–H groups in total. The molecule has 0 radical (unpaired) electrons. The molecular formula is C17H17Cl2NO2. The summed E-state index contributed by atoms with van der Waals surface area (Å²) in [4.78, 5) is 11.9. The lowest BCUT2D eigenvalue weighted by Crippen LogP contribution is -2.20. The summed E-state index contributed by atoms with van der Waals surface area (Å²) in [6.07, 6.45) is 0. The molecule has 22 heavy (non-hydrogen) atoms. The quantitative estimate of drug-likeness (QED) is 0.820. The van der Waals surface area contributed by atoms with E-state index in [1.165, 1.54) is 5.56 Å². The van der Waals surface area contributed by atoms with Crippen LogP contribution in [-0.4, -0.2) is 12.5 Å². The van der Waals surface area contributed by atoms with Crippen molar-refractivity contribution in [2.24, 2.45) is 0 Å². The second-order valence-corrected chi connectivity index (χ2v) is 6.01. The summed E-state index contributed by atoms with van der Waals surface area (Å²) in [7, 11) is 0. The van der Waals surface area contributed by atoms with Crippen LogP contribution in [0.25, 0.3) is 0 Å². The van der Waals surface area contributed by atoms with Crippen LogP contribution in [0.4, 0.5) is 5.69 Å². The lowest BCUT2D eigenvalue weighted by Gasteiger charge is -2.10. The number of benzene rings is 2. The van der Waals surface area contributed by atoms with Gasteiger partial charge in [0.1, 0.15) is 5.75 Å². The monoisotopic (exact) mass is 337 g/mol. The number of ether oxygens (including phenoxy) is 1. The van der Waals surface area contributed by atoms with Gasteiger partial charge in [0.25, 0.3) is 5.91 Å². The third-order valence-electron chi connectivity index (χ3n) is 3.10. The fourth-order valence-corrected chi connectivity index (χ4v) is 2.18. The number of hydrogen-bond donors (Lipinski definition) is 1. The molecule has 2 aromatic carbocycles. The molecule has 0 fully saturated rings. The van der Waals surface area contributed by atoms with E-state index < -0.39 is 0 Å². The number of carbonyl (C=O) groups is 1. The minimum absolute atomic E-state index is 0.0677. The summed E-state index contributed by atoms with van der Waals surface area (Å²) in [5, 5.41) is 3.55. The van der Waals surface area contributed by atoms with E-state index in [9.17, 15) is 4.79 Å². The average Bonchev–Trinajstić information content (AvgIpc) is 2.49. The van der Waals surface area contributed by atoms with Crippen molar-refractivity contribution in [1.82, 2.24) is 0 Å². The number of amides is 1. The van der Waals surface area contributed by atoms with Crippen LogP contribution in [0.5, 0.6) is 5.75 Å². The second kappa shape index (κ2) is 7.52. The smallest absolute Gasteiger partial charge is 0.262 e. The fraction of sp³-hybridized carbons (Fsp3) is 0.235. The minimum atomic E-state index is -0.256. The van der Waals surface area contributed by atoms with E-state index >= 15 is 0 Å². The van der Waals surface area contributed by atoms with Crippen molar-refractivity contribution in [3.8, 4) is 5.75 Å². The minimum Gasteiger partial charge on any atom is -0.484 e. The van der Waals surface area contributed by atoms with Gasteiger partial charge in [-0.05, 0) is 41.8 Å². The molecule has 0 heterocycles. The summed E-state index contributed by atoms with van der Waals surface area (Å²) < 4.78 is 5.51. The van der Waals surface area contributed by atoms with Crippen LogP contribution in [0.15, 0.2) is 42.5 Å². The van der Waals surface area contributed by atoms with Gasteiger partial charge in [-0.25, -0.2) is 0 Å². The van der Waals surface area contributed by atoms with E-state index in [4.69, 9.17) is 27.9 Å². The number of hydrogen-bond acceptors (Lipinski definition) is 2. The molecule has 0 saturated carbocycles. The third kappa shape index (κ3) is 4.65. The Balaban J connectivity index is 1.92. The number of halogens is 2. The lowest BCUT2D eigenvalue weighted by atomic mass is 10.0. The standard InChI is InChI=1S/C17H17Cl2NO2/c1-11(2)12-4-3-5-14(8-12)22-10-17(21)20-13-6-7-15(18)16(19)9-13/h3-9,11H,10H2,1-2H3,(H,20,21). The van der Waals surface area contributed by atoms with Gasteiger partial charge in [0.15, 0.2) is 6.61 Å². The van der Waals surface area contributed by atoms with Gasteiger partial charge in [0.05, 0.1) is 10.0 Å². The number of rotatable bonds is 5. The fourth-order valence-electron chi connectivity index (χ4n) is 1.88. The van der Waals surface area contributed by atoms with Crippen molar-refractivity contribution < 1.29 is 9.53 Å². The van der Waals surface area contributed by atoms with Crippen molar-refractivity contribution in [3.63, 3.8) is 0 Å². The summed E-state index contributed by atoms with van der Waals surface area (Å²) >= 11 is 11.7. The Bertz CT molecular complexity index is 671. The molecule has 0 spiro atoms. The first-order chi connectivity index (χ1) is 10.5. The molecule has 116 valence electrons. The van der Waals surface area contributed by atoms with E-state index in [0.717, 1.165) is 0 Å². The summed E-state index contributed by atoms with van der Waals surface area (Å²) in [5.41, 5.74) is 1.75. The summed E-state index contributed by atoms with van der Waals surface area (Å²) in [6.45, 7) is 4.15. The molecule has 5 heteroatoms. The van der Waals surface area contributed by atoms with Gasteiger partial charge in [-0.3, -0.25) is 4.79 Å². The van der Waals surface area contributed by atoms with Gasteiger partial charge in [-0.1, -0.05) is 49.2 Å². The van der Waals surface area contributed by atoms with Crippen molar-refractivity contribution in [3.05, 3.63) is 58.1 Å². The van der Waals surface area contributed by atoms with Gasteiger partial charge < -0.3 is 10.1 Å². The van der Waals surface area contributed by atoms with Crippen LogP contribution in [0.1, 0.15) is 25.3 Å². The van der Waals surface area contributed by atoms with Crippen molar-refractivity contribution >= 4 is 34.8 Å². The third-order valence-corrected chi connectivity index (χ3v) is 3.84. The molecule has 2 aromatic rings. The van der Waals surface area contributed by atoms with E-state index in [1.54, 1.807) is 18.2 Å². The zero-order valence-electron chi connectivity index (χ0n) is 12.4. The Kier molecular flexibility index (Phi) is 5.69. The van der Waals surface area contributed by atoms with E-state index in [2.05, 4.69) is 19.2 Å². The first-order valence-corrected chi connectivity index (χ1v) is 7.69. The number of nitrogens with one attached hydrogen (secondary N) is 1. The van der Waals surface area contributed by atoms with E-state index in [-0.39, 0.29) is 12.5 Å². The first-order valence-electron chi connectivity index (χ1n) is 6.93. The van der Waals surface area contributed by atoms with Crippen LogP contribution in [-0.2, 0) is 4.79 Å². The highest BCUT2D eigenvalue weighted by Crippen LogP contribution is 2.25. The van der Waals surface area contributed by atoms with Gasteiger partial charge in [-0.15, -0.1) is 0 Å². The molecule has 0 bridgehead atoms. The molecule has 0 aliphatic rings. The predicted octanol–water partition coefficient (Wildman–Crippen LogP) is 5.13. The highest BCUT2D eigenvalue weighted by Gasteiger charge is 2.07. The predicted molar refractivity (Wildman–Crippen MR) is 91.1 cm³/mol. The molecule has 0 unspecified atom stereocenters. The maximum Gasteiger partial charge on any atom is 0.262 e. The molecule has 0 aromatic heterocycles. The Morgan fingerprint density at radius 1 is 1.14 bits per heavy atom. The maximum atomic E-state index is 11.9. The van der Waals surface area contributed by atoms with Crippen LogP contribution >= 0.6 is 23.2 Å². The number of carbonyl (C=O) groups excluding carboxylic acids is 1. The zero-order chi connectivity index (χ0) is 16.1. The molecule has 3 nitrogen and oxygen atoms in total. The van der Waals surface area contributed by atoms with Gasteiger partial charge >= 0.3 is 0 Å². The molecule has 0 atom stereocenters. The molecule has 2 rings (SSSR count). The Morgan fingerprint density at radius 2 is 1.91 bits per heavy atom. The first kappa shape index (κ1) is 16.7. The van der Waals surface area contributed by atoms with Gasteiger partial charge in [0, 0.05) is 5.69 Å². The molecule has 0 aliphatic carbocycles. The van der Waals surface area contributed by atoms with Crippen LogP contribution < -0.4 is 10.1 Å². The molecule has 0 aliphatic heterocycles. The van der Waals surface area contributed by atoms with Crippen LogP contribution in [0, 0.1) is 0 Å². The second-order valence-electron chi connectivity index (χ2n) is 5.19. The van der Waals surface area contributed by atoms with Gasteiger partial charge in [-0.2, -0.15) is 0 Å². The molecule has 0 saturated heterocycles. The summed E-state index contributed by atoms with van der Waals surface area (Å²) in [5.74, 6) is 0.831. The van der Waals surface area contributed by atoms with Crippen LogP contribution in [0.2, 0.25) is 10.0 Å². The van der Waals surface area contributed by atoms with Crippen molar-refractivity contribution in [1.29, 1.82) is 0 Å².